The van der Waals surface area contributed by atoms with Crippen molar-refractivity contribution in [3.8, 4) is 0 Å². The van der Waals surface area contributed by atoms with Gasteiger partial charge in [-0.3, -0.25) is 4.79 Å². The molecule has 1 aromatic carbocycles. The van der Waals surface area contributed by atoms with Crippen molar-refractivity contribution in [3.63, 3.8) is 0 Å². The molecule has 5 heteroatoms. The summed E-state index contributed by atoms with van der Waals surface area (Å²) in [5.41, 5.74) is 9.07. The maximum atomic E-state index is 12.3. The van der Waals surface area contributed by atoms with Crippen molar-refractivity contribution in [2.75, 3.05) is 18.8 Å². The molecular formula is C16H22N4O. The molecule has 5 nitrogen and oxygen atoms in total. The van der Waals surface area contributed by atoms with E-state index in [1.165, 1.54) is 6.42 Å². The number of benzene rings is 1. The van der Waals surface area contributed by atoms with E-state index in [4.69, 9.17) is 5.73 Å². The average Bonchev–Trinajstić information content (AvgIpc) is 2.83. The third kappa shape index (κ3) is 2.73. The molecule has 0 spiro atoms. The summed E-state index contributed by atoms with van der Waals surface area (Å²) in [6.45, 7) is 4.43. The summed E-state index contributed by atoms with van der Waals surface area (Å²) >= 11 is 0. The highest BCUT2D eigenvalue weighted by Crippen LogP contribution is 2.21. The summed E-state index contributed by atoms with van der Waals surface area (Å²) < 4.78 is 1.95. The SMILES string of the molecule is Cc1cccc2c1nc(N)n2CCC(=O)N1CCCCC1. The van der Waals surface area contributed by atoms with Crippen molar-refractivity contribution < 1.29 is 4.79 Å². The second kappa shape index (κ2) is 5.76. The van der Waals surface area contributed by atoms with Gasteiger partial charge >= 0.3 is 0 Å². The van der Waals surface area contributed by atoms with Gasteiger partial charge in [0.15, 0.2) is 0 Å². The normalized spacial score (nSPS) is 15.6. The monoisotopic (exact) mass is 286 g/mol. The van der Waals surface area contributed by atoms with Gasteiger partial charge in [0.05, 0.1) is 11.0 Å². The van der Waals surface area contributed by atoms with Crippen LogP contribution in [0.1, 0.15) is 31.2 Å². The molecule has 1 aliphatic heterocycles. The lowest BCUT2D eigenvalue weighted by atomic mass is 10.1. The number of piperidine rings is 1. The number of carbonyl (C=O) groups is 1. The van der Waals surface area contributed by atoms with Gasteiger partial charge in [-0.05, 0) is 37.8 Å². The minimum Gasteiger partial charge on any atom is -0.369 e. The van der Waals surface area contributed by atoms with Gasteiger partial charge in [-0.1, -0.05) is 12.1 Å². The van der Waals surface area contributed by atoms with E-state index in [0.717, 1.165) is 42.5 Å². The number of nitrogen functional groups attached to an aromatic ring is 1. The molecule has 3 rings (SSSR count). The summed E-state index contributed by atoms with van der Waals surface area (Å²) in [5.74, 6) is 0.717. The van der Waals surface area contributed by atoms with E-state index in [1.807, 2.05) is 34.6 Å². The Morgan fingerprint density at radius 3 is 2.81 bits per heavy atom. The standard InChI is InChI=1S/C16H22N4O/c1-12-6-5-7-13-15(12)18-16(17)20(13)11-8-14(21)19-9-3-2-4-10-19/h5-7H,2-4,8-11H2,1H3,(H2,17,18). The van der Waals surface area contributed by atoms with Gasteiger partial charge in [0.25, 0.3) is 0 Å². The van der Waals surface area contributed by atoms with Crippen LogP contribution in [0.2, 0.25) is 0 Å². The lowest BCUT2D eigenvalue weighted by Crippen LogP contribution is -2.36. The van der Waals surface area contributed by atoms with Gasteiger partial charge in [-0.2, -0.15) is 0 Å². The molecule has 2 aromatic rings. The van der Waals surface area contributed by atoms with Crippen molar-refractivity contribution in [1.82, 2.24) is 14.5 Å². The van der Waals surface area contributed by atoms with Crippen LogP contribution in [0.3, 0.4) is 0 Å². The number of nitrogens with two attached hydrogens (primary N) is 1. The number of nitrogens with zero attached hydrogens (tertiary/aromatic N) is 3. The van der Waals surface area contributed by atoms with Gasteiger partial charge in [0.2, 0.25) is 11.9 Å². The zero-order chi connectivity index (χ0) is 14.8. The van der Waals surface area contributed by atoms with Gasteiger partial charge in [0.1, 0.15) is 0 Å². The van der Waals surface area contributed by atoms with Crippen LogP contribution in [-0.4, -0.2) is 33.4 Å². The van der Waals surface area contributed by atoms with Crippen LogP contribution in [0.4, 0.5) is 5.95 Å². The summed E-state index contributed by atoms with van der Waals surface area (Å²) in [6.07, 6.45) is 3.98. The number of carbonyl (C=O) groups excluding carboxylic acids is 1. The highest BCUT2D eigenvalue weighted by molar-refractivity contribution is 5.82. The Labute approximate surface area is 124 Å². The minimum atomic E-state index is 0.226. The van der Waals surface area contributed by atoms with Crippen LogP contribution in [0.5, 0.6) is 0 Å². The number of anilines is 1. The number of aromatic nitrogens is 2. The minimum absolute atomic E-state index is 0.226. The number of rotatable bonds is 3. The van der Waals surface area contributed by atoms with Crippen LogP contribution in [0.15, 0.2) is 18.2 Å². The van der Waals surface area contributed by atoms with Gasteiger partial charge < -0.3 is 15.2 Å². The number of likely N-dealkylation sites (tertiary alicyclic amines) is 1. The topological polar surface area (TPSA) is 64.1 Å². The molecule has 1 aliphatic rings. The molecule has 21 heavy (non-hydrogen) atoms. The number of hydrogen-bond acceptors (Lipinski definition) is 3. The number of fused-ring (bicyclic) bond motifs is 1. The first-order chi connectivity index (χ1) is 10.2. The summed E-state index contributed by atoms with van der Waals surface area (Å²) in [7, 11) is 0. The van der Waals surface area contributed by atoms with Gasteiger partial charge in [-0.15, -0.1) is 0 Å². The molecular weight excluding hydrogens is 264 g/mol. The highest BCUT2D eigenvalue weighted by atomic mass is 16.2. The number of para-hydroxylation sites is 1. The van der Waals surface area contributed by atoms with Gasteiger partial charge in [0, 0.05) is 26.1 Å². The van der Waals surface area contributed by atoms with Crippen molar-refractivity contribution in [2.45, 2.75) is 39.2 Å². The molecule has 112 valence electrons. The Balaban J connectivity index is 1.74. The third-order valence-corrected chi connectivity index (χ3v) is 4.27. The number of aryl methyl sites for hydroxylation is 2. The van der Waals surface area contributed by atoms with Gasteiger partial charge in [-0.25, -0.2) is 4.98 Å². The molecule has 0 bridgehead atoms. The largest absolute Gasteiger partial charge is 0.369 e. The molecule has 0 unspecified atom stereocenters. The molecule has 0 saturated carbocycles. The quantitative estimate of drug-likeness (QED) is 0.942. The molecule has 1 aromatic heterocycles. The highest BCUT2D eigenvalue weighted by Gasteiger charge is 2.17. The Morgan fingerprint density at radius 2 is 2.05 bits per heavy atom. The predicted octanol–water partition coefficient (Wildman–Crippen LogP) is 2.33. The fourth-order valence-corrected chi connectivity index (χ4v) is 3.05. The van der Waals surface area contributed by atoms with Crippen LogP contribution in [0, 0.1) is 6.92 Å². The summed E-state index contributed by atoms with van der Waals surface area (Å²) in [5, 5.41) is 0. The number of imidazole rings is 1. The lowest BCUT2D eigenvalue weighted by Gasteiger charge is -2.26. The third-order valence-electron chi connectivity index (χ3n) is 4.27. The Bertz CT molecular complexity index is 656. The smallest absolute Gasteiger partial charge is 0.224 e. The second-order valence-corrected chi connectivity index (χ2v) is 5.76. The maximum absolute atomic E-state index is 12.3. The zero-order valence-electron chi connectivity index (χ0n) is 12.5. The van der Waals surface area contributed by atoms with Crippen LogP contribution in [0.25, 0.3) is 11.0 Å². The number of amides is 1. The second-order valence-electron chi connectivity index (χ2n) is 5.76. The molecule has 0 radical (unpaired) electrons. The fourth-order valence-electron chi connectivity index (χ4n) is 3.05. The average molecular weight is 286 g/mol. The van der Waals surface area contributed by atoms with E-state index in [2.05, 4.69) is 4.98 Å². The van der Waals surface area contributed by atoms with Crippen molar-refractivity contribution in [2.24, 2.45) is 0 Å². The predicted molar refractivity (Wildman–Crippen MR) is 83.9 cm³/mol. The molecule has 2 heterocycles. The van der Waals surface area contributed by atoms with E-state index in [0.29, 0.717) is 18.9 Å². The van der Waals surface area contributed by atoms with Crippen LogP contribution < -0.4 is 5.73 Å². The fraction of sp³-hybridized carbons (Fsp3) is 0.500. The van der Waals surface area contributed by atoms with Crippen LogP contribution in [-0.2, 0) is 11.3 Å². The first-order valence-electron chi connectivity index (χ1n) is 7.66. The zero-order valence-corrected chi connectivity index (χ0v) is 12.5. The first-order valence-corrected chi connectivity index (χ1v) is 7.66. The van der Waals surface area contributed by atoms with Crippen LogP contribution >= 0.6 is 0 Å². The van der Waals surface area contributed by atoms with Crippen molar-refractivity contribution >= 4 is 22.9 Å². The van der Waals surface area contributed by atoms with Crippen molar-refractivity contribution in [3.05, 3.63) is 23.8 Å². The lowest BCUT2D eigenvalue weighted by molar-refractivity contribution is -0.132. The molecule has 1 amide bonds. The van der Waals surface area contributed by atoms with E-state index in [-0.39, 0.29) is 5.91 Å². The number of hydrogen-bond donors (Lipinski definition) is 1. The molecule has 0 atom stereocenters. The van der Waals surface area contributed by atoms with Crippen molar-refractivity contribution in [1.29, 1.82) is 0 Å². The Morgan fingerprint density at radius 1 is 1.29 bits per heavy atom. The molecule has 0 aliphatic carbocycles. The van der Waals surface area contributed by atoms with E-state index in [1.54, 1.807) is 0 Å². The molecule has 1 fully saturated rings. The van der Waals surface area contributed by atoms with E-state index in [9.17, 15) is 4.79 Å². The molecule has 2 N–H and O–H groups in total. The van der Waals surface area contributed by atoms with E-state index >= 15 is 0 Å². The summed E-state index contributed by atoms with van der Waals surface area (Å²) in [4.78, 5) is 18.7. The summed E-state index contributed by atoms with van der Waals surface area (Å²) in [6, 6.07) is 6.04. The first kappa shape index (κ1) is 13.9. The van der Waals surface area contributed by atoms with E-state index < -0.39 is 0 Å². The molecule has 1 saturated heterocycles. The Hall–Kier alpha value is -2.04. The Kier molecular flexibility index (Phi) is 3.82. The maximum Gasteiger partial charge on any atom is 0.224 e.